The van der Waals surface area contributed by atoms with Crippen LogP contribution in [0.2, 0.25) is 0 Å². The smallest absolute Gasteiger partial charge is 0.107 e. The second-order valence-corrected chi connectivity index (χ2v) is 13.5. The average molecular weight is 670 g/mol. The number of unbranched alkanes of at least 4 members (excludes halogenated alkanes) is 30. The molecular weight excluding hydrogens is 583 g/mol. The molecule has 3 nitrogen and oxygen atoms in total. The molecule has 0 aromatic heterocycles. The highest BCUT2D eigenvalue weighted by molar-refractivity contribution is 5.85. The summed E-state index contributed by atoms with van der Waals surface area (Å²) in [7, 11) is 0. The fraction of sp³-hybridized carbons (Fsp3) is 1.00. The van der Waals surface area contributed by atoms with E-state index in [0.29, 0.717) is 0 Å². The number of rotatable bonds is 36. The molecule has 0 aliphatic carbocycles. The molecule has 0 aromatic rings. The van der Waals surface area contributed by atoms with Gasteiger partial charge in [-0.25, -0.2) is 0 Å². The van der Waals surface area contributed by atoms with Crippen molar-refractivity contribution in [2.24, 2.45) is 0 Å². The van der Waals surface area contributed by atoms with Gasteiger partial charge in [-0.05, 0) is 19.3 Å². The van der Waals surface area contributed by atoms with Gasteiger partial charge in [0.25, 0.3) is 0 Å². The molecule has 0 aromatic carbocycles. The maximum Gasteiger partial charge on any atom is 0.107 e. The van der Waals surface area contributed by atoms with Crippen molar-refractivity contribution in [1.82, 2.24) is 11.1 Å². The predicted molar refractivity (Wildman–Crippen MR) is 206 cm³/mol. The van der Waals surface area contributed by atoms with Crippen LogP contribution >= 0.6 is 24.8 Å². The number of aliphatic hydroxyl groups excluding tert-OH is 1. The minimum Gasteiger partial charge on any atom is -0.378 e. The summed E-state index contributed by atoms with van der Waals surface area (Å²) >= 11 is 0. The standard InChI is InChI=1S/C39H81NO.2ClH.H3N/c1-4-7-9-11-13-15-17-19-21-23-25-27-29-31-33-35-37-40(39(41)6-3)38-36-34-32-30-28-26-24-22-20-18-16-14-12-10-8-5-2;;;/h39,41H,4-38H2,1-3H3;2*1H;1H3. The molecule has 0 radical (unpaired) electrons. The highest BCUT2D eigenvalue weighted by Crippen LogP contribution is 2.16. The van der Waals surface area contributed by atoms with Gasteiger partial charge in [-0.2, -0.15) is 0 Å². The molecule has 4 N–H and O–H groups in total. The van der Waals surface area contributed by atoms with E-state index in [1.54, 1.807) is 0 Å². The molecule has 0 rings (SSSR count). The van der Waals surface area contributed by atoms with Crippen molar-refractivity contribution in [1.29, 1.82) is 0 Å². The number of hydrogen-bond donors (Lipinski definition) is 2. The Morgan fingerprint density at radius 1 is 0.341 bits per heavy atom. The Morgan fingerprint density at radius 2 is 0.523 bits per heavy atom. The van der Waals surface area contributed by atoms with E-state index in [-0.39, 0.29) is 37.2 Å². The summed E-state index contributed by atoms with van der Waals surface area (Å²) < 4.78 is 0. The zero-order valence-corrected chi connectivity index (χ0v) is 32.4. The highest BCUT2D eigenvalue weighted by Gasteiger charge is 2.12. The molecule has 0 saturated heterocycles. The van der Waals surface area contributed by atoms with E-state index in [1.165, 1.54) is 205 Å². The molecule has 0 aliphatic heterocycles. The SMILES string of the molecule is CCCCCCCCCCCCCCCCCCN(CCCCCCCCCCCCCCCCCC)C(O)CC.Cl.Cl.N. The molecule has 0 heterocycles. The average Bonchev–Trinajstić information content (AvgIpc) is 2.99. The number of nitrogens with zero attached hydrogens (tertiary/aromatic N) is 1. The summed E-state index contributed by atoms with van der Waals surface area (Å²) in [6.45, 7) is 8.91. The molecule has 0 spiro atoms. The maximum absolute atomic E-state index is 10.5. The quantitative estimate of drug-likeness (QED) is 0.0515. The van der Waals surface area contributed by atoms with Crippen LogP contribution in [0.5, 0.6) is 0 Å². The van der Waals surface area contributed by atoms with Crippen molar-refractivity contribution in [3.8, 4) is 0 Å². The van der Waals surface area contributed by atoms with Gasteiger partial charge >= 0.3 is 0 Å². The van der Waals surface area contributed by atoms with Gasteiger partial charge in [-0.1, -0.05) is 213 Å². The zero-order chi connectivity index (χ0) is 29.9. The van der Waals surface area contributed by atoms with Gasteiger partial charge in [0.1, 0.15) is 6.23 Å². The van der Waals surface area contributed by atoms with Crippen LogP contribution in [0, 0.1) is 0 Å². The fourth-order valence-corrected chi connectivity index (χ4v) is 6.39. The molecule has 0 aliphatic rings. The zero-order valence-electron chi connectivity index (χ0n) is 30.7. The van der Waals surface area contributed by atoms with Gasteiger partial charge in [0.2, 0.25) is 0 Å². The van der Waals surface area contributed by atoms with E-state index >= 15 is 0 Å². The molecule has 0 fully saturated rings. The van der Waals surface area contributed by atoms with Crippen molar-refractivity contribution in [3.63, 3.8) is 0 Å². The lowest BCUT2D eigenvalue weighted by Gasteiger charge is -2.27. The second kappa shape index (κ2) is 45.6. The van der Waals surface area contributed by atoms with E-state index in [4.69, 9.17) is 0 Å². The summed E-state index contributed by atoms with van der Waals surface area (Å²) in [5, 5.41) is 10.5. The van der Waals surface area contributed by atoms with Crippen LogP contribution in [0.3, 0.4) is 0 Å². The lowest BCUT2D eigenvalue weighted by Crippen LogP contribution is -2.36. The van der Waals surface area contributed by atoms with Crippen molar-refractivity contribution in [2.75, 3.05) is 13.1 Å². The molecule has 0 amide bonds. The largest absolute Gasteiger partial charge is 0.378 e. The molecule has 272 valence electrons. The van der Waals surface area contributed by atoms with Gasteiger partial charge < -0.3 is 11.3 Å². The Morgan fingerprint density at radius 3 is 0.705 bits per heavy atom. The van der Waals surface area contributed by atoms with Crippen molar-refractivity contribution in [2.45, 2.75) is 239 Å². The van der Waals surface area contributed by atoms with Gasteiger partial charge in [0.05, 0.1) is 0 Å². The first-order valence-electron chi connectivity index (χ1n) is 19.7. The molecular formula is C39H86Cl2N2O. The molecule has 0 saturated carbocycles. The van der Waals surface area contributed by atoms with Crippen LogP contribution in [0.25, 0.3) is 0 Å². The normalized spacial score (nSPS) is 11.7. The summed E-state index contributed by atoms with van der Waals surface area (Å²) in [5.41, 5.74) is 0. The first kappa shape index (κ1) is 51.3. The monoisotopic (exact) mass is 669 g/mol. The second-order valence-electron chi connectivity index (χ2n) is 13.5. The van der Waals surface area contributed by atoms with E-state index in [1.807, 2.05) is 0 Å². The Kier molecular flexibility index (Phi) is 53.1. The molecule has 0 bridgehead atoms. The topological polar surface area (TPSA) is 58.5 Å². The van der Waals surface area contributed by atoms with Gasteiger partial charge in [-0.15, -0.1) is 24.8 Å². The van der Waals surface area contributed by atoms with Crippen LogP contribution in [-0.2, 0) is 0 Å². The lowest BCUT2D eigenvalue weighted by atomic mass is 10.0. The number of aliphatic hydroxyl groups is 1. The van der Waals surface area contributed by atoms with Crippen LogP contribution in [0.4, 0.5) is 0 Å². The lowest BCUT2D eigenvalue weighted by molar-refractivity contribution is -0.00101. The Hall–Kier alpha value is 0.460. The Bertz CT molecular complexity index is 433. The van der Waals surface area contributed by atoms with Crippen LogP contribution in [0.1, 0.15) is 233 Å². The predicted octanol–water partition coefficient (Wildman–Crippen LogP) is 14.5. The van der Waals surface area contributed by atoms with E-state index in [0.717, 1.165) is 19.5 Å². The van der Waals surface area contributed by atoms with Crippen molar-refractivity contribution < 1.29 is 5.11 Å². The van der Waals surface area contributed by atoms with E-state index in [9.17, 15) is 5.11 Å². The number of hydrogen-bond acceptors (Lipinski definition) is 3. The summed E-state index contributed by atoms with van der Waals surface area (Å²) in [5.74, 6) is 0. The summed E-state index contributed by atoms with van der Waals surface area (Å²) in [4.78, 5) is 2.37. The summed E-state index contributed by atoms with van der Waals surface area (Å²) in [6, 6.07) is 0. The number of halogens is 2. The highest BCUT2D eigenvalue weighted by atomic mass is 35.5. The Labute approximate surface area is 292 Å². The molecule has 44 heavy (non-hydrogen) atoms. The van der Waals surface area contributed by atoms with Crippen LogP contribution in [0.15, 0.2) is 0 Å². The third-order valence-electron chi connectivity index (χ3n) is 9.38. The first-order chi connectivity index (χ1) is 20.3. The van der Waals surface area contributed by atoms with Gasteiger partial charge in [-0.3, -0.25) is 4.90 Å². The molecule has 5 heteroatoms. The van der Waals surface area contributed by atoms with Crippen molar-refractivity contribution in [3.05, 3.63) is 0 Å². The molecule has 1 unspecified atom stereocenters. The van der Waals surface area contributed by atoms with E-state index in [2.05, 4.69) is 25.7 Å². The maximum atomic E-state index is 10.5. The van der Waals surface area contributed by atoms with Crippen molar-refractivity contribution >= 4 is 24.8 Å². The minimum atomic E-state index is -0.234. The fourth-order valence-electron chi connectivity index (χ4n) is 6.39. The van der Waals surface area contributed by atoms with Crippen LogP contribution < -0.4 is 6.15 Å². The third kappa shape index (κ3) is 40.5. The molecule has 1 atom stereocenters. The van der Waals surface area contributed by atoms with E-state index < -0.39 is 0 Å². The third-order valence-corrected chi connectivity index (χ3v) is 9.38. The van der Waals surface area contributed by atoms with Gasteiger partial charge in [0.15, 0.2) is 0 Å². The minimum absolute atomic E-state index is 0. The van der Waals surface area contributed by atoms with Crippen LogP contribution in [-0.4, -0.2) is 29.3 Å². The summed E-state index contributed by atoms with van der Waals surface area (Å²) in [6.07, 6.45) is 46.1. The van der Waals surface area contributed by atoms with Gasteiger partial charge in [0, 0.05) is 13.1 Å². The Balaban J connectivity index is -0.00000267. The first-order valence-corrected chi connectivity index (χ1v) is 19.7.